The number of carbonyl (C=O) groups is 4. The Balaban J connectivity index is 3.58. The highest BCUT2D eigenvalue weighted by molar-refractivity contribution is 5.94. The van der Waals surface area contributed by atoms with Crippen LogP contribution in [0.5, 0.6) is 0 Å². The highest BCUT2D eigenvalue weighted by Crippen LogP contribution is 2.26. The van der Waals surface area contributed by atoms with Crippen molar-refractivity contribution >= 4 is 23.8 Å². The molecule has 1 aromatic rings. The van der Waals surface area contributed by atoms with Gasteiger partial charge >= 0.3 is 6.09 Å². The van der Waals surface area contributed by atoms with Crippen LogP contribution in [0.3, 0.4) is 0 Å². The second-order valence-corrected chi connectivity index (χ2v) is 11.3. The first-order chi connectivity index (χ1) is 16.4. The highest BCUT2D eigenvalue weighted by atomic mass is 16.6. The van der Waals surface area contributed by atoms with Crippen LogP contribution in [-0.4, -0.2) is 52.4 Å². The SMILES string of the molecule is CCCCN(C(=O)C(CC(N)=O)NC(=O)OC(C)(C)C)C(C(=O)NC(C)(C)C)c1cc(C)cc(C)c1. The predicted molar refractivity (Wildman–Crippen MR) is 140 cm³/mol. The lowest BCUT2D eigenvalue weighted by Gasteiger charge is -2.36. The van der Waals surface area contributed by atoms with Crippen molar-refractivity contribution < 1.29 is 23.9 Å². The third-order valence-electron chi connectivity index (χ3n) is 5.05. The molecule has 2 unspecified atom stereocenters. The molecular weight excluding hydrogens is 460 g/mol. The van der Waals surface area contributed by atoms with Crippen LogP contribution in [0.2, 0.25) is 0 Å². The van der Waals surface area contributed by atoms with Crippen molar-refractivity contribution in [3.63, 3.8) is 0 Å². The van der Waals surface area contributed by atoms with Crippen LogP contribution in [0.4, 0.5) is 4.79 Å². The van der Waals surface area contributed by atoms with E-state index < -0.39 is 47.6 Å². The largest absolute Gasteiger partial charge is 0.444 e. The molecule has 9 nitrogen and oxygen atoms in total. The van der Waals surface area contributed by atoms with Gasteiger partial charge in [-0.05, 0) is 67.4 Å². The topological polar surface area (TPSA) is 131 Å². The lowest BCUT2D eigenvalue weighted by Crippen LogP contribution is -2.55. The van der Waals surface area contributed by atoms with E-state index in [4.69, 9.17) is 10.5 Å². The summed E-state index contributed by atoms with van der Waals surface area (Å²) in [5, 5.41) is 5.48. The van der Waals surface area contributed by atoms with Gasteiger partial charge in [-0.1, -0.05) is 42.7 Å². The quantitative estimate of drug-likeness (QED) is 0.448. The van der Waals surface area contributed by atoms with Crippen molar-refractivity contribution in [2.75, 3.05) is 6.54 Å². The first-order valence-electron chi connectivity index (χ1n) is 12.4. The molecule has 9 heteroatoms. The average Bonchev–Trinajstić information content (AvgIpc) is 2.65. The fourth-order valence-corrected chi connectivity index (χ4v) is 3.82. The van der Waals surface area contributed by atoms with E-state index in [1.807, 2.05) is 59.7 Å². The molecule has 2 atom stereocenters. The third-order valence-corrected chi connectivity index (χ3v) is 5.05. The number of nitrogens with one attached hydrogen (secondary N) is 2. The number of rotatable bonds is 10. The number of carbonyl (C=O) groups excluding carboxylic acids is 4. The van der Waals surface area contributed by atoms with E-state index in [1.165, 1.54) is 4.90 Å². The number of alkyl carbamates (subject to hydrolysis) is 1. The molecule has 0 aromatic heterocycles. The molecule has 0 heterocycles. The summed E-state index contributed by atoms with van der Waals surface area (Å²) in [6, 6.07) is 3.47. The van der Waals surface area contributed by atoms with Crippen LogP contribution in [0, 0.1) is 13.8 Å². The number of primary amides is 1. The standard InChI is InChI=1S/C27H44N4O5/c1-10-11-12-31(24(34)20(16-21(28)32)29-25(35)36-27(7,8)9)22(23(33)30-26(4,5)6)19-14-17(2)13-18(3)15-19/h13-15,20,22H,10-12,16H2,1-9H3,(H2,28,32)(H,29,35)(H,30,33). The van der Waals surface area contributed by atoms with Crippen molar-refractivity contribution in [3.05, 3.63) is 34.9 Å². The van der Waals surface area contributed by atoms with Crippen molar-refractivity contribution in [3.8, 4) is 0 Å². The van der Waals surface area contributed by atoms with Gasteiger partial charge in [0.2, 0.25) is 17.7 Å². The van der Waals surface area contributed by atoms with E-state index in [1.54, 1.807) is 20.8 Å². The Bertz CT molecular complexity index is 926. The number of amides is 4. The Labute approximate surface area is 215 Å². The molecule has 0 aliphatic carbocycles. The van der Waals surface area contributed by atoms with E-state index in [9.17, 15) is 19.2 Å². The zero-order valence-electron chi connectivity index (χ0n) is 23.3. The number of aryl methyl sites for hydroxylation is 2. The number of benzene rings is 1. The number of ether oxygens (including phenoxy) is 1. The summed E-state index contributed by atoms with van der Waals surface area (Å²) in [6.45, 7) is 16.7. The van der Waals surface area contributed by atoms with Crippen LogP contribution >= 0.6 is 0 Å². The van der Waals surface area contributed by atoms with Crippen LogP contribution in [0.1, 0.15) is 90.5 Å². The van der Waals surface area contributed by atoms with Crippen LogP contribution < -0.4 is 16.4 Å². The smallest absolute Gasteiger partial charge is 0.408 e. The number of unbranched alkanes of at least 4 members (excludes halogenated alkanes) is 1. The molecule has 0 radical (unpaired) electrons. The van der Waals surface area contributed by atoms with Gasteiger partial charge in [-0.2, -0.15) is 0 Å². The van der Waals surface area contributed by atoms with Gasteiger partial charge in [-0.15, -0.1) is 0 Å². The fraction of sp³-hybridized carbons (Fsp3) is 0.630. The second-order valence-electron chi connectivity index (χ2n) is 11.3. The highest BCUT2D eigenvalue weighted by Gasteiger charge is 2.37. The van der Waals surface area contributed by atoms with Crippen molar-refractivity contribution in [2.45, 2.75) is 105 Å². The zero-order valence-corrected chi connectivity index (χ0v) is 23.3. The maximum Gasteiger partial charge on any atom is 0.408 e. The molecule has 0 spiro atoms. The molecule has 4 amide bonds. The van der Waals surface area contributed by atoms with Gasteiger partial charge in [0.15, 0.2) is 0 Å². The molecule has 0 aliphatic rings. The minimum atomic E-state index is -1.29. The third kappa shape index (κ3) is 10.7. The summed E-state index contributed by atoms with van der Waals surface area (Å²) in [5.41, 5.74) is 6.61. The monoisotopic (exact) mass is 504 g/mol. The molecule has 4 N–H and O–H groups in total. The van der Waals surface area contributed by atoms with Gasteiger partial charge < -0.3 is 26.0 Å². The van der Waals surface area contributed by atoms with E-state index in [0.717, 1.165) is 17.5 Å². The second kappa shape index (κ2) is 12.7. The van der Waals surface area contributed by atoms with Gasteiger partial charge in [-0.25, -0.2) is 4.79 Å². The Morgan fingerprint density at radius 2 is 1.56 bits per heavy atom. The van der Waals surface area contributed by atoms with Gasteiger partial charge in [-0.3, -0.25) is 14.4 Å². The zero-order chi connectivity index (χ0) is 27.8. The lowest BCUT2D eigenvalue weighted by atomic mass is 9.96. The first kappa shape index (κ1) is 30.9. The summed E-state index contributed by atoms with van der Waals surface area (Å²) >= 11 is 0. The van der Waals surface area contributed by atoms with Gasteiger partial charge in [0, 0.05) is 12.1 Å². The predicted octanol–water partition coefficient (Wildman–Crippen LogP) is 3.66. The Morgan fingerprint density at radius 3 is 2.00 bits per heavy atom. The minimum Gasteiger partial charge on any atom is -0.444 e. The summed E-state index contributed by atoms with van der Waals surface area (Å²) in [5.74, 6) is -1.70. The van der Waals surface area contributed by atoms with E-state index >= 15 is 0 Å². The fourth-order valence-electron chi connectivity index (χ4n) is 3.82. The normalized spacial score (nSPS) is 13.4. The van der Waals surface area contributed by atoms with Crippen LogP contribution in [-0.2, 0) is 19.1 Å². The molecule has 0 aliphatic heterocycles. The molecule has 1 aromatic carbocycles. The Kier molecular flexibility index (Phi) is 10.9. The molecule has 36 heavy (non-hydrogen) atoms. The first-order valence-corrected chi connectivity index (χ1v) is 12.4. The number of hydrogen-bond donors (Lipinski definition) is 3. The van der Waals surface area contributed by atoms with Gasteiger partial charge in [0.25, 0.3) is 0 Å². The van der Waals surface area contributed by atoms with Crippen LogP contribution in [0.15, 0.2) is 18.2 Å². The number of nitrogens with zero attached hydrogens (tertiary/aromatic N) is 1. The number of nitrogens with two attached hydrogens (primary N) is 1. The molecule has 202 valence electrons. The molecular formula is C27H44N4O5. The molecule has 0 fully saturated rings. The van der Waals surface area contributed by atoms with Gasteiger partial charge in [0.1, 0.15) is 17.7 Å². The molecule has 0 saturated heterocycles. The Hall–Kier alpha value is -3.10. The van der Waals surface area contributed by atoms with Gasteiger partial charge in [0.05, 0.1) is 6.42 Å². The maximum absolute atomic E-state index is 13.9. The number of hydrogen-bond acceptors (Lipinski definition) is 5. The summed E-state index contributed by atoms with van der Waals surface area (Å²) in [7, 11) is 0. The molecule has 0 bridgehead atoms. The molecule has 1 rings (SSSR count). The van der Waals surface area contributed by atoms with Crippen molar-refractivity contribution in [1.82, 2.24) is 15.5 Å². The summed E-state index contributed by atoms with van der Waals surface area (Å²) in [4.78, 5) is 53.3. The minimum absolute atomic E-state index is 0.246. The van der Waals surface area contributed by atoms with Crippen molar-refractivity contribution in [2.24, 2.45) is 5.73 Å². The molecule has 0 saturated carbocycles. The maximum atomic E-state index is 13.9. The Morgan fingerprint density at radius 1 is 1.00 bits per heavy atom. The van der Waals surface area contributed by atoms with E-state index in [2.05, 4.69) is 10.6 Å². The summed E-state index contributed by atoms with van der Waals surface area (Å²) in [6.07, 6.45) is 0.108. The average molecular weight is 505 g/mol. The lowest BCUT2D eigenvalue weighted by molar-refractivity contribution is -0.144. The van der Waals surface area contributed by atoms with E-state index in [0.29, 0.717) is 12.0 Å². The van der Waals surface area contributed by atoms with Crippen molar-refractivity contribution in [1.29, 1.82) is 0 Å². The summed E-state index contributed by atoms with van der Waals surface area (Å²) < 4.78 is 5.30. The van der Waals surface area contributed by atoms with E-state index in [-0.39, 0.29) is 12.5 Å². The van der Waals surface area contributed by atoms with Crippen LogP contribution in [0.25, 0.3) is 0 Å².